The second-order valence-electron chi connectivity index (χ2n) is 7.61. The van der Waals surface area contributed by atoms with Crippen molar-refractivity contribution in [3.8, 4) is 0 Å². The van der Waals surface area contributed by atoms with E-state index in [1.54, 1.807) is 0 Å². The maximum atomic E-state index is 12.2. The molecule has 1 amide bonds. The number of benzene rings is 3. The minimum absolute atomic E-state index is 0.150. The molecule has 0 saturated heterocycles. The zero-order valence-corrected chi connectivity index (χ0v) is 19.5. The van der Waals surface area contributed by atoms with Crippen LogP contribution < -0.4 is 5.32 Å². The van der Waals surface area contributed by atoms with Gasteiger partial charge in [-0.1, -0.05) is 104 Å². The number of rotatable bonds is 11. The third-order valence-corrected chi connectivity index (χ3v) is 6.97. The van der Waals surface area contributed by atoms with Gasteiger partial charge in [0.25, 0.3) is 0 Å². The lowest BCUT2D eigenvalue weighted by molar-refractivity contribution is -0.138. The number of alkyl carbamates (subject to hydrolysis) is 1. The van der Waals surface area contributed by atoms with E-state index in [4.69, 9.17) is 4.74 Å². The zero-order chi connectivity index (χ0) is 23.5. The summed E-state index contributed by atoms with van der Waals surface area (Å²) in [6, 6.07) is 29.0. The van der Waals surface area contributed by atoms with Crippen LogP contribution in [0, 0.1) is 0 Å². The average molecular weight is 464 g/mol. The largest absolute Gasteiger partial charge is 0.480 e. The highest BCUT2D eigenvalue weighted by Gasteiger charge is 2.38. The fraction of sp³-hybridized carbons (Fsp3) is 0.259. The Hall–Kier alpha value is -3.25. The Morgan fingerprint density at radius 1 is 0.879 bits per heavy atom. The van der Waals surface area contributed by atoms with Gasteiger partial charge in [-0.15, -0.1) is 11.8 Å². The number of aliphatic carboxylic acids is 1. The summed E-state index contributed by atoms with van der Waals surface area (Å²) in [4.78, 5) is 24.2. The molecule has 3 aromatic rings. The lowest BCUT2D eigenvalue weighted by Crippen LogP contribution is -2.44. The van der Waals surface area contributed by atoms with E-state index in [1.165, 1.54) is 11.8 Å². The number of ether oxygens (including phenoxy) is 1. The predicted molar refractivity (Wildman–Crippen MR) is 132 cm³/mol. The lowest BCUT2D eigenvalue weighted by atomic mass is 9.84. The van der Waals surface area contributed by atoms with Crippen LogP contribution in [0.3, 0.4) is 0 Å². The molecule has 0 bridgehead atoms. The molecule has 3 rings (SSSR count). The molecule has 5 nitrogen and oxygen atoms in total. The van der Waals surface area contributed by atoms with Crippen LogP contribution in [-0.4, -0.2) is 35.6 Å². The van der Waals surface area contributed by atoms with Crippen molar-refractivity contribution in [3.05, 3.63) is 108 Å². The highest BCUT2D eigenvalue weighted by Crippen LogP contribution is 2.48. The number of amides is 1. The van der Waals surface area contributed by atoms with Crippen molar-refractivity contribution >= 4 is 23.8 Å². The van der Waals surface area contributed by atoms with E-state index in [2.05, 4.69) is 41.7 Å². The van der Waals surface area contributed by atoms with Crippen LogP contribution in [-0.2, 0) is 14.3 Å². The fourth-order valence-corrected chi connectivity index (χ4v) is 5.20. The molecule has 0 fully saturated rings. The van der Waals surface area contributed by atoms with Gasteiger partial charge in [-0.25, -0.2) is 9.59 Å². The zero-order valence-electron chi connectivity index (χ0n) is 18.6. The van der Waals surface area contributed by atoms with Crippen LogP contribution in [0.5, 0.6) is 0 Å². The minimum atomic E-state index is -1.10. The summed E-state index contributed by atoms with van der Waals surface area (Å²) in [5.41, 5.74) is 3.09. The normalized spacial score (nSPS) is 12.0. The molecule has 3 aromatic carbocycles. The first-order chi connectivity index (χ1) is 16.1. The van der Waals surface area contributed by atoms with Crippen molar-refractivity contribution in [2.45, 2.75) is 30.6 Å². The Bertz CT molecular complexity index is 915. The summed E-state index contributed by atoms with van der Waals surface area (Å²) in [6.45, 7) is 2.26. The molecule has 33 heavy (non-hydrogen) atoms. The Morgan fingerprint density at radius 2 is 1.33 bits per heavy atom. The highest BCUT2D eigenvalue weighted by atomic mass is 32.2. The first-order valence-corrected chi connectivity index (χ1v) is 12.0. The second-order valence-corrected chi connectivity index (χ2v) is 8.85. The van der Waals surface area contributed by atoms with Crippen molar-refractivity contribution in [2.24, 2.45) is 0 Å². The number of hydrogen-bond donors (Lipinski definition) is 2. The van der Waals surface area contributed by atoms with Crippen LogP contribution >= 0.6 is 11.8 Å². The van der Waals surface area contributed by atoms with Gasteiger partial charge in [-0.05, 0) is 23.1 Å². The van der Waals surface area contributed by atoms with E-state index < -0.39 is 22.9 Å². The third kappa shape index (κ3) is 6.17. The monoisotopic (exact) mass is 463 g/mol. The third-order valence-electron chi connectivity index (χ3n) is 5.33. The molecule has 2 N–H and O–H groups in total. The van der Waals surface area contributed by atoms with Crippen LogP contribution in [0.2, 0.25) is 0 Å². The number of unbranched alkanes of at least 4 members (excludes halogenated alkanes) is 1. The number of carboxylic acid groups (broad SMARTS) is 1. The SMILES string of the molecule is CCCCOC(=O)N[C@@H](CSC(c1ccccc1)(c1ccccc1)c1ccccc1)C(=O)O. The molecular formula is C27H29NO4S. The summed E-state index contributed by atoms with van der Waals surface area (Å²) in [5.74, 6) is -0.949. The summed E-state index contributed by atoms with van der Waals surface area (Å²) >= 11 is 1.48. The Morgan fingerprint density at radius 3 is 1.73 bits per heavy atom. The molecule has 0 aromatic heterocycles. The van der Waals surface area contributed by atoms with E-state index >= 15 is 0 Å². The van der Waals surface area contributed by atoms with Gasteiger partial charge >= 0.3 is 12.1 Å². The molecule has 0 aliphatic carbocycles. The summed E-state index contributed by atoms with van der Waals surface area (Å²) < 4.78 is 4.46. The van der Waals surface area contributed by atoms with Crippen LogP contribution in [0.1, 0.15) is 36.5 Å². The maximum Gasteiger partial charge on any atom is 0.407 e. The molecule has 0 spiro atoms. The molecule has 172 valence electrons. The quantitative estimate of drug-likeness (QED) is 0.282. The van der Waals surface area contributed by atoms with Gasteiger partial charge < -0.3 is 15.2 Å². The number of carbonyl (C=O) groups excluding carboxylic acids is 1. The van der Waals surface area contributed by atoms with E-state index in [-0.39, 0.29) is 12.4 Å². The summed E-state index contributed by atoms with van der Waals surface area (Å²) in [5, 5.41) is 12.3. The number of nitrogens with one attached hydrogen (secondary N) is 1. The van der Waals surface area contributed by atoms with Crippen LogP contribution in [0.15, 0.2) is 91.0 Å². The Labute approximate surface area is 199 Å². The fourth-order valence-electron chi connectivity index (χ4n) is 3.64. The van der Waals surface area contributed by atoms with Crippen molar-refractivity contribution in [3.63, 3.8) is 0 Å². The highest BCUT2D eigenvalue weighted by molar-refractivity contribution is 8.00. The lowest BCUT2D eigenvalue weighted by Gasteiger charge is -2.36. The maximum absolute atomic E-state index is 12.2. The van der Waals surface area contributed by atoms with Gasteiger partial charge in [-0.2, -0.15) is 0 Å². The number of carboxylic acids is 1. The van der Waals surface area contributed by atoms with Crippen LogP contribution in [0.4, 0.5) is 4.79 Å². The second kappa shape index (κ2) is 12.1. The van der Waals surface area contributed by atoms with E-state index in [1.807, 2.05) is 61.5 Å². The van der Waals surface area contributed by atoms with Crippen molar-refractivity contribution in [1.29, 1.82) is 0 Å². The average Bonchev–Trinajstić information content (AvgIpc) is 2.85. The van der Waals surface area contributed by atoms with Crippen molar-refractivity contribution in [1.82, 2.24) is 5.32 Å². The van der Waals surface area contributed by atoms with Gasteiger partial charge in [0, 0.05) is 5.75 Å². The van der Waals surface area contributed by atoms with E-state index in [0.29, 0.717) is 0 Å². The molecule has 0 aliphatic rings. The minimum Gasteiger partial charge on any atom is -0.480 e. The topological polar surface area (TPSA) is 75.6 Å². The Balaban J connectivity index is 1.98. The molecule has 0 saturated carbocycles. The molecule has 0 aliphatic heterocycles. The standard InChI is InChI=1S/C27H29NO4S/c1-2-3-19-32-26(31)28-24(25(29)30)20-33-27(21-13-7-4-8-14-21,22-15-9-5-10-16-22)23-17-11-6-12-18-23/h4-18,24H,2-3,19-20H2,1H3,(H,28,31)(H,29,30)/t24-/m0/s1. The van der Waals surface area contributed by atoms with E-state index in [0.717, 1.165) is 29.5 Å². The van der Waals surface area contributed by atoms with Gasteiger partial charge in [0.1, 0.15) is 6.04 Å². The molecular weight excluding hydrogens is 434 g/mol. The van der Waals surface area contributed by atoms with Gasteiger partial charge in [0.15, 0.2) is 0 Å². The molecule has 0 heterocycles. The number of carbonyl (C=O) groups is 2. The summed E-state index contributed by atoms with van der Waals surface area (Å²) in [6.07, 6.45) is 0.916. The molecule has 6 heteroatoms. The van der Waals surface area contributed by atoms with Gasteiger partial charge in [0.2, 0.25) is 0 Å². The smallest absolute Gasteiger partial charge is 0.407 e. The molecule has 0 unspecified atom stereocenters. The first-order valence-electron chi connectivity index (χ1n) is 11.0. The predicted octanol–water partition coefficient (Wildman–Crippen LogP) is 5.69. The Kier molecular flexibility index (Phi) is 8.95. The summed E-state index contributed by atoms with van der Waals surface area (Å²) in [7, 11) is 0. The van der Waals surface area contributed by atoms with Crippen molar-refractivity contribution < 1.29 is 19.4 Å². The molecule has 0 radical (unpaired) electrons. The van der Waals surface area contributed by atoms with Crippen molar-refractivity contribution in [2.75, 3.05) is 12.4 Å². The first kappa shape index (κ1) is 24.4. The van der Waals surface area contributed by atoms with Crippen LogP contribution in [0.25, 0.3) is 0 Å². The van der Waals surface area contributed by atoms with Gasteiger partial charge in [0.05, 0.1) is 11.4 Å². The van der Waals surface area contributed by atoms with E-state index in [9.17, 15) is 14.7 Å². The van der Waals surface area contributed by atoms with Gasteiger partial charge in [-0.3, -0.25) is 0 Å². The number of thioether (sulfide) groups is 1. The number of hydrogen-bond acceptors (Lipinski definition) is 4. The molecule has 1 atom stereocenters.